The molecule has 0 saturated carbocycles. The summed E-state index contributed by atoms with van der Waals surface area (Å²) in [4.78, 5) is 13.8. The van der Waals surface area contributed by atoms with Gasteiger partial charge in [0.15, 0.2) is 0 Å². The maximum atomic E-state index is 11.5. The molecule has 19 heavy (non-hydrogen) atoms. The SMILES string of the molecule is CNC(=O)C1CCN(Cc2cc(N)ccc2O)CC1. The van der Waals surface area contributed by atoms with Crippen LogP contribution in [0.5, 0.6) is 5.75 Å². The number of phenols is 1. The van der Waals surface area contributed by atoms with Crippen LogP contribution in [0.15, 0.2) is 18.2 Å². The highest BCUT2D eigenvalue weighted by atomic mass is 16.3. The summed E-state index contributed by atoms with van der Waals surface area (Å²) in [5.74, 6) is 0.532. The molecule has 0 aliphatic carbocycles. The average molecular weight is 263 g/mol. The Morgan fingerprint density at radius 3 is 2.79 bits per heavy atom. The van der Waals surface area contributed by atoms with Crippen LogP contribution in [0.1, 0.15) is 18.4 Å². The van der Waals surface area contributed by atoms with E-state index in [1.165, 1.54) is 0 Å². The number of nitrogens with zero attached hydrogens (tertiary/aromatic N) is 1. The van der Waals surface area contributed by atoms with Crippen LogP contribution in [0.25, 0.3) is 0 Å². The number of carbonyl (C=O) groups excluding carboxylic acids is 1. The van der Waals surface area contributed by atoms with Crippen molar-refractivity contribution in [3.05, 3.63) is 23.8 Å². The number of anilines is 1. The number of rotatable bonds is 3. The first kappa shape index (κ1) is 13.7. The van der Waals surface area contributed by atoms with E-state index in [2.05, 4.69) is 10.2 Å². The van der Waals surface area contributed by atoms with Crippen molar-refractivity contribution in [2.24, 2.45) is 5.92 Å². The Morgan fingerprint density at radius 1 is 1.47 bits per heavy atom. The van der Waals surface area contributed by atoms with Gasteiger partial charge < -0.3 is 16.2 Å². The van der Waals surface area contributed by atoms with Crippen molar-refractivity contribution >= 4 is 11.6 Å². The van der Waals surface area contributed by atoms with Gasteiger partial charge in [0.05, 0.1) is 0 Å². The zero-order valence-corrected chi connectivity index (χ0v) is 11.2. The van der Waals surface area contributed by atoms with Gasteiger partial charge in [0.1, 0.15) is 5.75 Å². The van der Waals surface area contributed by atoms with Crippen molar-refractivity contribution < 1.29 is 9.90 Å². The molecule has 0 bridgehead atoms. The van der Waals surface area contributed by atoms with Gasteiger partial charge >= 0.3 is 0 Å². The first-order valence-electron chi connectivity index (χ1n) is 6.61. The topological polar surface area (TPSA) is 78.6 Å². The number of nitrogen functional groups attached to an aromatic ring is 1. The van der Waals surface area contributed by atoms with E-state index in [4.69, 9.17) is 5.73 Å². The Kier molecular flexibility index (Phi) is 4.27. The van der Waals surface area contributed by atoms with Crippen molar-refractivity contribution in [3.8, 4) is 5.75 Å². The second-order valence-corrected chi connectivity index (χ2v) is 5.05. The van der Waals surface area contributed by atoms with Gasteiger partial charge in [-0.25, -0.2) is 0 Å². The third-order valence-electron chi connectivity index (χ3n) is 3.70. The lowest BCUT2D eigenvalue weighted by Crippen LogP contribution is -2.39. The van der Waals surface area contributed by atoms with Gasteiger partial charge in [-0.2, -0.15) is 0 Å². The number of carbonyl (C=O) groups is 1. The van der Waals surface area contributed by atoms with Crippen LogP contribution in [0.2, 0.25) is 0 Å². The van der Waals surface area contributed by atoms with Gasteiger partial charge in [0.25, 0.3) is 0 Å². The van der Waals surface area contributed by atoms with E-state index in [0.717, 1.165) is 31.5 Å². The number of piperidine rings is 1. The highest BCUT2D eigenvalue weighted by Crippen LogP contribution is 2.24. The van der Waals surface area contributed by atoms with E-state index in [1.54, 1.807) is 25.2 Å². The number of amides is 1. The molecule has 104 valence electrons. The Hall–Kier alpha value is -1.75. The Labute approximate surface area is 113 Å². The van der Waals surface area contributed by atoms with Crippen LogP contribution in [-0.4, -0.2) is 36.1 Å². The van der Waals surface area contributed by atoms with Gasteiger partial charge in [-0.1, -0.05) is 0 Å². The van der Waals surface area contributed by atoms with E-state index in [-0.39, 0.29) is 17.6 Å². The number of phenolic OH excluding ortho intramolecular Hbond substituents is 1. The van der Waals surface area contributed by atoms with Crippen LogP contribution in [0.3, 0.4) is 0 Å². The average Bonchev–Trinajstić information content (AvgIpc) is 2.43. The summed E-state index contributed by atoms with van der Waals surface area (Å²) in [7, 11) is 1.68. The summed E-state index contributed by atoms with van der Waals surface area (Å²) < 4.78 is 0. The van der Waals surface area contributed by atoms with E-state index in [9.17, 15) is 9.90 Å². The van der Waals surface area contributed by atoms with Crippen LogP contribution in [0, 0.1) is 5.92 Å². The summed E-state index contributed by atoms with van der Waals surface area (Å²) in [6.07, 6.45) is 1.73. The number of hydrogen-bond donors (Lipinski definition) is 3. The van der Waals surface area contributed by atoms with E-state index in [0.29, 0.717) is 12.2 Å². The van der Waals surface area contributed by atoms with Gasteiger partial charge in [-0.3, -0.25) is 9.69 Å². The number of aromatic hydroxyl groups is 1. The molecule has 1 heterocycles. The monoisotopic (exact) mass is 263 g/mol. The summed E-state index contributed by atoms with van der Waals surface area (Å²) in [5, 5.41) is 12.5. The lowest BCUT2D eigenvalue weighted by Gasteiger charge is -2.31. The first-order chi connectivity index (χ1) is 9.10. The summed E-state index contributed by atoms with van der Waals surface area (Å²) >= 11 is 0. The smallest absolute Gasteiger partial charge is 0.222 e. The number of benzene rings is 1. The molecule has 1 amide bonds. The molecule has 4 N–H and O–H groups in total. The number of nitrogens with two attached hydrogens (primary N) is 1. The zero-order valence-electron chi connectivity index (χ0n) is 11.2. The molecule has 0 unspecified atom stereocenters. The predicted octanol–water partition coefficient (Wildman–Crippen LogP) is 0.932. The molecule has 0 atom stereocenters. The molecule has 1 aromatic carbocycles. The Bertz CT molecular complexity index is 454. The molecule has 5 nitrogen and oxygen atoms in total. The molecule has 1 saturated heterocycles. The molecule has 0 radical (unpaired) electrons. The zero-order chi connectivity index (χ0) is 13.8. The fraction of sp³-hybridized carbons (Fsp3) is 0.500. The van der Waals surface area contributed by atoms with Crippen molar-refractivity contribution in [1.82, 2.24) is 10.2 Å². The molecule has 5 heteroatoms. The molecule has 0 spiro atoms. The van der Waals surface area contributed by atoms with Gasteiger partial charge in [0.2, 0.25) is 5.91 Å². The minimum absolute atomic E-state index is 0.121. The largest absolute Gasteiger partial charge is 0.508 e. The second kappa shape index (κ2) is 5.93. The molecule has 1 aliphatic heterocycles. The molecule has 2 rings (SSSR count). The van der Waals surface area contributed by atoms with Crippen LogP contribution in [-0.2, 0) is 11.3 Å². The predicted molar refractivity (Wildman–Crippen MR) is 74.6 cm³/mol. The van der Waals surface area contributed by atoms with Crippen LogP contribution >= 0.6 is 0 Å². The Balaban J connectivity index is 1.92. The highest BCUT2D eigenvalue weighted by molar-refractivity contribution is 5.78. The summed E-state index contributed by atoms with van der Waals surface area (Å²) in [6, 6.07) is 5.12. The molecule has 1 aliphatic rings. The lowest BCUT2D eigenvalue weighted by molar-refractivity contribution is -0.125. The van der Waals surface area contributed by atoms with E-state index < -0.39 is 0 Å². The quantitative estimate of drug-likeness (QED) is 0.560. The lowest BCUT2D eigenvalue weighted by atomic mass is 9.95. The summed E-state index contributed by atoms with van der Waals surface area (Å²) in [6.45, 7) is 2.41. The first-order valence-corrected chi connectivity index (χ1v) is 6.61. The van der Waals surface area contributed by atoms with E-state index >= 15 is 0 Å². The molecule has 0 aromatic heterocycles. The number of hydrogen-bond acceptors (Lipinski definition) is 4. The van der Waals surface area contributed by atoms with Gasteiger partial charge in [-0.15, -0.1) is 0 Å². The van der Waals surface area contributed by atoms with E-state index in [1.807, 2.05) is 0 Å². The highest BCUT2D eigenvalue weighted by Gasteiger charge is 2.24. The van der Waals surface area contributed by atoms with Crippen molar-refractivity contribution in [2.45, 2.75) is 19.4 Å². The molecule has 1 fully saturated rings. The van der Waals surface area contributed by atoms with Crippen molar-refractivity contribution in [3.63, 3.8) is 0 Å². The second-order valence-electron chi connectivity index (χ2n) is 5.05. The minimum Gasteiger partial charge on any atom is -0.508 e. The molecular formula is C14H21N3O2. The van der Waals surface area contributed by atoms with Gasteiger partial charge in [-0.05, 0) is 44.1 Å². The standard InChI is InChI=1S/C14H21N3O2/c1-16-14(19)10-4-6-17(7-5-10)9-11-8-12(15)2-3-13(11)18/h2-3,8,10,18H,4-7,9,15H2,1H3,(H,16,19). The summed E-state index contributed by atoms with van der Waals surface area (Å²) in [5.41, 5.74) is 7.24. The Morgan fingerprint density at radius 2 is 2.16 bits per heavy atom. The molecule has 1 aromatic rings. The normalized spacial score (nSPS) is 17.3. The fourth-order valence-corrected chi connectivity index (χ4v) is 2.53. The number of likely N-dealkylation sites (tertiary alicyclic amines) is 1. The van der Waals surface area contributed by atoms with Gasteiger partial charge in [0, 0.05) is 30.8 Å². The molecular weight excluding hydrogens is 242 g/mol. The van der Waals surface area contributed by atoms with Crippen LogP contribution < -0.4 is 11.1 Å². The maximum Gasteiger partial charge on any atom is 0.222 e. The van der Waals surface area contributed by atoms with Crippen molar-refractivity contribution in [1.29, 1.82) is 0 Å². The van der Waals surface area contributed by atoms with Crippen LogP contribution in [0.4, 0.5) is 5.69 Å². The maximum absolute atomic E-state index is 11.5. The third kappa shape index (κ3) is 3.38. The van der Waals surface area contributed by atoms with Crippen molar-refractivity contribution in [2.75, 3.05) is 25.9 Å². The third-order valence-corrected chi connectivity index (χ3v) is 3.70. The number of nitrogens with one attached hydrogen (secondary N) is 1. The minimum atomic E-state index is 0.121. The fourth-order valence-electron chi connectivity index (χ4n) is 2.53.